The van der Waals surface area contributed by atoms with Gasteiger partial charge in [-0.3, -0.25) is 9.59 Å². The van der Waals surface area contributed by atoms with Crippen LogP contribution in [-0.2, 0) is 11.3 Å². The van der Waals surface area contributed by atoms with Gasteiger partial charge in [0.2, 0.25) is 5.91 Å². The van der Waals surface area contributed by atoms with Crippen LogP contribution in [0.1, 0.15) is 22.8 Å². The number of hydrogen-bond acceptors (Lipinski definition) is 3. The van der Waals surface area contributed by atoms with Crippen molar-refractivity contribution in [1.82, 2.24) is 16.0 Å². The predicted molar refractivity (Wildman–Crippen MR) is 84.5 cm³/mol. The van der Waals surface area contributed by atoms with Gasteiger partial charge in [0.05, 0.1) is 0 Å². The molecule has 0 saturated carbocycles. The van der Waals surface area contributed by atoms with Crippen molar-refractivity contribution in [2.45, 2.75) is 13.5 Å². The summed E-state index contributed by atoms with van der Waals surface area (Å²) in [4.78, 5) is 23.5. The molecule has 2 rings (SSSR count). The summed E-state index contributed by atoms with van der Waals surface area (Å²) in [6, 6.07) is 7.29. The normalized spacial score (nSPS) is 15.3. The number of amides is 2. The number of benzene rings is 1. The van der Waals surface area contributed by atoms with Crippen molar-refractivity contribution in [3.8, 4) is 0 Å². The number of rotatable bonds is 5. The lowest BCUT2D eigenvalue weighted by Gasteiger charge is -2.31. The smallest absolute Gasteiger partial charge is 0.251 e. The van der Waals surface area contributed by atoms with Gasteiger partial charge in [0.15, 0.2) is 0 Å². The van der Waals surface area contributed by atoms with Gasteiger partial charge in [-0.05, 0) is 36.7 Å². The van der Waals surface area contributed by atoms with E-state index in [1.54, 1.807) is 19.2 Å². The second-order valence-corrected chi connectivity index (χ2v) is 5.20. The van der Waals surface area contributed by atoms with Gasteiger partial charge in [-0.15, -0.1) is 12.4 Å². The van der Waals surface area contributed by atoms with Gasteiger partial charge in [0.25, 0.3) is 5.91 Å². The predicted octanol–water partition coefficient (Wildman–Crippen LogP) is 0.940. The van der Waals surface area contributed by atoms with E-state index in [1.165, 1.54) is 0 Å². The summed E-state index contributed by atoms with van der Waals surface area (Å²) >= 11 is 0. The van der Waals surface area contributed by atoms with Crippen molar-refractivity contribution in [1.29, 1.82) is 0 Å². The Bertz CT molecular complexity index is 503. The van der Waals surface area contributed by atoms with E-state index in [1.807, 2.05) is 19.1 Å². The van der Waals surface area contributed by atoms with Crippen LogP contribution in [0.15, 0.2) is 24.3 Å². The van der Waals surface area contributed by atoms with E-state index < -0.39 is 0 Å². The molecule has 0 aliphatic carbocycles. The van der Waals surface area contributed by atoms with Crippen LogP contribution < -0.4 is 16.0 Å². The molecular weight excluding hydrogens is 290 g/mol. The Morgan fingerprint density at radius 1 is 1.38 bits per heavy atom. The third kappa shape index (κ3) is 4.44. The molecule has 21 heavy (non-hydrogen) atoms. The monoisotopic (exact) mass is 311 g/mol. The van der Waals surface area contributed by atoms with E-state index >= 15 is 0 Å². The van der Waals surface area contributed by atoms with E-state index in [-0.39, 0.29) is 30.1 Å². The van der Waals surface area contributed by atoms with Crippen LogP contribution in [0.25, 0.3) is 0 Å². The van der Waals surface area contributed by atoms with Crippen molar-refractivity contribution in [2.24, 2.45) is 11.8 Å². The minimum atomic E-state index is -0.118. The largest absolute Gasteiger partial charge is 0.355 e. The van der Waals surface area contributed by atoms with Crippen molar-refractivity contribution in [3.05, 3.63) is 35.4 Å². The first-order chi connectivity index (χ1) is 9.61. The summed E-state index contributed by atoms with van der Waals surface area (Å²) in [6.45, 7) is 4.25. The number of nitrogens with one attached hydrogen (secondary N) is 3. The fraction of sp³-hybridized carbons (Fsp3) is 0.467. The summed E-state index contributed by atoms with van der Waals surface area (Å²) in [6.07, 6.45) is 0. The second-order valence-electron chi connectivity index (χ2n) is 5.20. The highest BCUT2D eigenvalue weighted by molar-refractivity contribution is 5.94. The lowest BCUT2D eigenvalue weighted by molar-refractivity contribution is -0.126. The number of halogens is 1. The fourth-order valence-electron chi connectivity index (χ4n) is 2.20. The number of carbonyl (C=O) groups excluding carboxylic acids is 2. The molecule has 0 aromatic heterocycles. The molecule has 1 aliphatic rings. The fourth-order valence-corrected chi connectivity index (χ4v) is 2.20. The highest BCUT2D eigenvalue weighted by Crippen LogP contribution is 2.16. The first-order valence-electron chi connectivity index (χ1n) is 6.91. The minimum Gasteiger partial charge on any atom is -0.355 e. The third-order valence-corrected chi connectivity index (χ3v) is 3.82. The molecule has 1 atom stereocenters. The molecule has 1 aliphatic heterocycles. The van der Waals surface area contributed by atoms with Crippen molar-refractivity contribution < 1.29 is 9.59 Å². The summed E-state index contributed by atoms with van der Waals surface area (Å²) in [7, 11) is 1.60. The van der Waals surface area contributed by atoms with Gasteiger partial charge < -0.3 is 16.0 Å². The van der Waals surface area contributed by atoms with Crippen LogP contribution in [0, 0.1) is 11.8 Å². The highest BCUT2D eigenvalue weighted by Gasteiger charge is 2.28. The molecule has 1 aromatic rings. The molecule has 5 nitrogen and oxygen atoms in total. The number of carbonyl (C=O) groups is 2. The number of hydrogen-bond donors (Lipinski definition) is 3. The summed E-state index contributed by atoms with van der Waals surface area (Å²) < 4.78 is 0. The molecule has 1 unspecified atom stereocenters. The summed E-state index contributed by atoms with van der Waals surface area (Å²) in [5, 5.41) is 8.69. The van der Waals surface area contributed by atoms with Crippen molar-refractivity contribution >= 4 is 24.2 Å². The molecular formula is C15H22ClN3O2. The Balaban J connectivity index is 0.00000220. The van der Waals surface area contributed by atoms with E-state index in [0.29, 0.717) is 18.0 Å². The van der Waals surface area contributed by atoms with E-state index in [9.17, 15) is 9.59 Å². The Hall–Kier alpha value is -1.59. The molecule has 0 bridgehead atoms. The maximum absolute atomic E-state index is 12.0. The Labute approximate surface area is 131 Å². The van der Waals surface area contributed by atoms with Crippen LogP contribution in [0.2, 0.25) is 0 Å². The summed E-state index contributed by atoms with van der Waals surface area (Å²) in [5.74, 6) is 0.416. The molecule has 1 saturated heterocycles. The zero-order valence-electron chi connectivity index (χ0n) is 12.3. The molecule has 1 heterocycles. The molecule has 3 N–H and O–H groups in total. The first kappa shape index (κ1) is 17.5. The van der Waals surface area contributed by atoms with Crippen LogP contribution in [-0.4, -0.2) is 32.0 Å². The Morgan fingerprint density at radius 3 is 2.67 bits per heavy atom. The summed E-state index contributed by atoms with van der Waals surface area (Å²) in [5.41, 5.74) is 1.54. The van der Waals surface area contributed by atoms with E-state index in [4.69, 9.17) is 0 Å². The van der Waals surface area contributed by atoms with Gasteiger partial charge in [0, 0.05) is 25.1 Å². The molecule has 116 valence electrons. The third-order valence-electron chi connectivity index (χ3n) is 3.82. The van der Waals surface area contributed by atoms with Crippen LogP contribution in [0.4, 0.5) is 0 Å². The second kappa shape index (κ2) is 8.00. The zero-order chi connectivity index (χ0) is 14.5. The van der Waals surface area contributed by atoms with Crippen LogP contribution in [0.5, 0.6) is 0 Å². The zero-order valence-corrected chi connectivity index (χ0v) is 13.1. The van der Waals surface area contributed by atoms with Gasteiger partial charge in [-0.25, -0.2) is 0 Å². The van der Waals surface area contributed by atoms with E-state index in [0.717, 1.165) is 18.7 Å². The van der Waals surface area contributed by atoms with Crippen LogP contribution >= 0.6 is 12.4 Å². The van der Waals surface area contributed by atoms with Crippen molar-refractivity contribution in [2.75, 3.05) is 20.1 Å². The van der Waals surface area contributed by atoms with Gasteiger partial charge in [-0.1, -0.05) is 19.1 Å². The lowest BCUT2D eigenvalue weighted by Crippen LogP contribution is -2.49. The molecule has 0 radical (unpaired) electrons. The van der Waals surface area contributed by atoms with Gasteiger partial charge in [-0.2, -0.15) is 0 Å². The topological polar surface area (TPSA) is 70.2 Å². The minimum absolute atomic E-state index is 0. The average Bonchev–Trinajstić information content (AvgIpc) is 2.42. The average molecular weight is 312 g/mol. The lowest BCUT2D eigenvalue weighted by atomic mass is 9.88. The standard InChI is InChI=1S/C15H21N3O2.ClH/c1-10(13-8-17-9-13)14(19)18-7-11-4-3-5-12(6-11)15(20)16-2;/h3-6,10,13,17H,7-9H2,1-2H3,(H,16,20)(H,18,19);1H. The maximum atomic E-state index is 12.0. The quantitative estimate of drug-likeness (QED) is 0.758. The Morgan fingerprint density at radius 2 is 2.10 bits per heavy atom. The molecule has 1 fully saturated rings. The van der Waals surface area contributed by atoms with Crippen molar-refractivity contribution in [3.63, 3.8) is 0 Å². The highest BCUT2D eigenvalue weighted by atomic mass is 35.5. The van der Waals surface area contributed by atoms with E-state index in [2.05, 4.69) is 16.0 Å². The first-order valence-corrected chi connectivity index (χ1v) is 6.91. The molecule has 1 aromatic carbocycles. The van der Waals surface area contributed by atoms with Gasteiger partial charge in [0.1, 0.15) is 0 Å². The van der Waals surface area contributed by atoms with Gasteiger partial charge >= 0.3 is 0 Å². The SMILES string of the molecule is CNC(=O)c1cccc(CNC(=O)C(C)C2CNC2)c1.Cl. The molecule has 2 amide bonds. The molecule has 6 heteroatoms. The molecule has 0 spiro atoms. The Kier molecular flexibility index (Phi) is 6.65. The maximum Gasteiger partial charge on any atom is 0.251 e. The van der Waals surface area contributed by atoms with Crippen LogP contribution in [0.3, 0.4) is 0 Å².